The summed E-state index contributed by atoms with van der Waals surface area (Å²) in [5.74, 6) is -1.20. The Balaban J connectivity index is 2.08. The second-order valence-corrected chi connectivity index (χ2v) is 11.8. The van der Waals surface area contributed by atoms with Crippen molar-refractivity contribution in [2.45, 2.75) is 44.2 Å². The number of methoxy groups -OCH3 is 1. The van der Waals surface area contributed by atoms with Gasteiger partial charge in [0, 0.05) is 28.7 Å². The fourth-order valence-electron chi connectivity index (χ4n) is 4.15. The number of sulfonamides is 1. The third-order valence-electron chi connectivity index (χ3n) is 6.37. The van der Waals surface area contributed by atoms with Crippen molar-refractivity contribution in [3.05, 3.63) is 88.2 Å². The van der Waals surface area contributed by atoms with E-state index < -0.39 is 40.2 Å². The Bertz CT molecular complexity index is 1430. The molecular weight excluding hydrogens is 592 g/mol. The van der Waals surface area contributed by atoms with Crippen LogP contribution >= 0.6 is 23.2 Å². The largest absolute Gasteiger partial charge is 0.497 e. The summed E-state index contributed by atoms with van der Waals surface area (Å²) in [4.78, 5) is 28.4. The first-order valence-electron chi connectivity index (χ1n) is 13.0. The standard InChI is InChI=1S/C29H32Cl2FN3O5S/c1-4-17-33-29(37)27(5-2)34(18-24-25(30)7-6-8-26(24)31)28(36)19-35(21-11-9-20(32)10-12-21)41(38,39)23-15-13-22(40-3)14-16-23/h6-16,27H,4-5,17-19H2,1-3H3,(H,33,37). The predicted octanol–water partition coefficient (Wildman–Crippen LogP) is 5.67. The number of amides is 2. The Morgan fingerprint density at radius 1 is 0.976 bits per heavy atom. The van der Waals surface area contributed by atoms with Gasteiger partial charge in [-0.25, -0.2) is 12.8 Å². The normalized spacial score (nSPS) is 12.0. The highest BCUT2D eigenvalue weighted by atomic mass is 35.5. The van der Waals surface area contributed by atoms with Crippen molar-refractivity contribution in [2.24, 2.45) is 0 Å². The van der Waals surface area contributed by atoms with Gasteiger partial charge in [0.15, 0.2) is 0 Å². The maximum Gasteiger partial charge on any atom is 0.264 e. The second-order valence-electron chi connectivity index (χ2n) is 9.10. The predicted molar refractivity (Wildman–Crippen MR) is 158 cm³/mol. The molecule has 0 saturated heterocycles. The molecule has 0 bridgehead atoms. The lowest BCUT2D eigenvalue weighted by Gasteiger charge is -2.33. The molecule has 3 aromatic carbocycles. The second kappa shape index (κ2) is 14.5. The molecule has 0 aliphatic heterocycles. The van der Waals surface area contributed by atoms with Crippen LogP contribution in [0.3, 0.4) is 0 Å². The van der Waals surface area contributed by atoms with E-state index in [4.69, 9.17) is 27.9 Å². The molecule has 0 heterocycles. The van der Waals surface area contributed by atoms with Crippen LogP contribution in [0.25, 0.3) is 0 Å². The van der Waals surface area contributed by atoms with Crippen LogP contribution in [0.4, 0.5) is 10.1 Å². The monoisotopic (exact) mass is 623 g/mol. The number of carbonyl (C=O) groups is 2. The summed E-state index contributed by atoms with van der Waals surface area (Å²) in [6, 6.07) is 14.3. The highest BCUT2D eigenvalue weighted by molar-refractivity contribution is 7.92. The zero-order valence-electron chi connectivity index (χ0n) is 22.9. The van der Waals surface area contributed by atoms with Crippen molar-refractivity contribution in [1.82, 2.24) is 10.2 Å². The van der Waals surface area contributed by atoms with Crippen LogP contribution < -0.4 is 14.4 Å². The van der Waals surface area contributed by atoms with Crippen molar-refractivity contribution in [1.29, 1.82) is 0 Å². The lowest BCUT2D eigenvalue weighted by atomic mass is 10.1. The molecule has 220 valence electrons. The van der Waals surface area contributed by atoms with E-state index >= 15 is 0 Å². The van der Waals surface area contributed by atoms with E-state index in [9.17, 15) is 22.4 Å². The van der Waals surface area contributed by atoms with E-state index in [1.807, 2.05) is 6.92 Å². The number of benzene rings is 3. The van der Waals surface area contributed by atoms with E-state index in [2.05, 4.69) is 5.32 Å². The minimum atomic E-state index is -4.32. The van der Waals surface area contributed by atoms with Gasteiger partial charge in [0.25, 0.3) is 10.0 Å². The molecule has 0 aliphatic carbocycles. The van der Waals surface area contributed by atoms with Gasteiger partial charge in [0.2, 0.25) is 11.8 Å². The lowest BCUT2D eigenvalue weighted by molar-refractivity contribution is -0.140. The molecule has 0 aromatic heterocycles. The molecule has 1 atom stereocenters. The number of rotatable bonds is 13. The quantitative estimate of drug-likeness (QED) is 0.265. The Morgan fingerprint density at radius 3 is 2.12 bits per heavy atom. The van der Waals surface area contributed by atoms with Crippen molar-refractivity contribution in [3.8, 4) is 5.75 Å². The summed E-state index contributed by atoms with van der Waals surface area (Å²) in [6.45, 7) is 3.22. The van der Waals surface area contributed by atoms with Crippen molar-refractivity contribution in [3.63, 3.8) is 0 Å². The third-order valence-corrected chi connectivity index (χ3v) is 8.86. The van der Waals surface area contributed by atoms with Gasteiger partial charge >= 0.3 is 0 Å². The van der Waals surface area contributed by atoms with E-state index in [0.29, 0.717) is 34.3 Å². The number of halogens is 3. The fourth-order valence-corrected chi connectivity index (χ4v) is 6.08. The molecule has 1 unspecified atom stereocenters. The molecule has 2 amide bonds. The van der Waals surface area contributed by atoms with Gasteiger partial charge in [-0.3, -0.25) is 13.9 Å². The minimum absolute atomic E-state index is 0.0646. The molecule has 3 rings (SSSR count). The van der Waals surface area contributed by atoms with E-state index in [1.165, 1.54) is 48.4 Å². The Labute approximate surface area is 250 Å². The zero-order valence-corrected chi connectivity index (χ0v) is 25.3. The first-order valence-corrected chi connectivity index (χ1v) is 15.2. The molecule has 0 spiro atoms. The summed E-state index contributed by atoms with van der Waals surface area (Å²) in [7, 11) is -2.87. The summed E-state index contributed by atoms with van der Waals surface area (Å²) in [5.41, 5.74) is 0.479. The number of hydrogen-bond acceptors (Lipinski definition) is 5. The number of nitrogens with zero attached hydrogens (tertiary/aromatic N) is 2. The van der Waals surface area contributed by atoms with Crippen LogP contribution in [0.15, 0.2) is 71.6 Å². The molecule has 8 nitrogen and oxygen atoms in total. The third kappa shape index (κ3) is 7.90. The number of hydrogen-bond donors (Lipinski definition) is 1. The van der Waals surface area contributed by atoms with Gasteiger partial charge in [-0.1, -0.05) is 43.1 Å². The number of carbonyl (C=O) groups excluding carboxylic acids is 2. The van der Waals surface area contributed by atoms with E-state index in [0.717, 1.165) is 16.4 Å². The number of nitrogens with one attached hydrogen (secondary N) is 1. The van der Waals surface area contributed by atoms with Crippen LogP contribution in [0, 0.1) is 5.82 Å². The molecule has 0 fully saturated rings. The van der Waals surface area contributed by atoms with Gasteiger partial charge in [-0.15, -0.1) is 0 Å². The van der Waals surface area contributed by atoms with E-state index in [-0.39, 0.29) is 23.5 Å². The molecule has 41 heavy (non-hydrogen) atoms. The molecule has 0 radical (unpaired) electrons. The van der Waals surface area contributed by atoms with Crippen molar-refractivity contribution in [2.75, 3.05) is 24.5 Å². The highest BCUT2D eigenvalue weighted by Crippen LogP contribution is 2.29. The molecule has 1 N–H and O–H groups in total. The molecule has 12 heteroatoms. The van der Waals surface area contributed by atoms with Gasteiger partial charge < -0.3 is 15.0 Å². The van der Waals surface area contributed by atoms with Crippen LogP contribution in [0.1, 0.15) is 32.3 Å². The summed E-state index contributed by atoms with van der Waals surface area (Å²) in [6.07, 6.45) is 0.927. The first kappa shape index (κ1) is 32.2. The van der Waals surface area contributed by atoms with Crippen molar-refractivity contribution >= 4 is 50.7 Å². The number of anilines is 1. The maximum absolute atomic E-state index is 14.0. The first-order chi connectivity index (χ1) is 19.5. The SMILES string of the molecule is CCCNC(=O)C(CC)N(Cc1c(Cl)cccc1Cl)C(=O)CN(c1ccc(F)cc1)S(=O)(=O)c1ccc(OC)cc1. The Kier molecular flexibility index (Phi) is 11.4. The number of ether oxygens (including phenoxy) is 1. The maximum atomic E-state index is 14.0. The Morgan fingerprint density at radius 2 is 1.59 bits per heavy atom. The van der Waals surface area contributed by atoms with E-state index in [1.54, 1.807) is 25.1 Å². The topological polar surface area (TPSA) is 96.0 Å². The molecule has 3 aromatic rings. The summed E-state index contributed by atoms with van der Waals surface area (Å²) < 4.78 is 47.5. The highest BCUT2D eigenvalue weighted by Gasteiger charge is 2.34. The van der Waals surface area contributed by atoms with Crippen LogP contribution in [-0.4, -0.2) is 51.4 Å². The minimum Gasteiger partial charge on any atom is -0.497 e. The van der Waals surface area contributed by atoms with Gasteiger partial charge in [-0.2, -0.15) is 0 Å². The van der Waals surface area contributed by atoms with Crippen LogP contribution in [-0.2, 0) is 26.2 Å². The zero-order chi connectivity index (χ0) is 30.2. The fraction of sp³-hybridized carbons (Fsp3) is 0.310. The van der Waals surface area contributed by atoms with Crippen LogP contribution in [0.2, 0.25) is 10.0 Å². The lowest BCUT2D eigenvalue weighted by Crippen LogP contribution is -2.52. The average molecular weight is 625 g/mol. The smallest absolute Gasteiger partial charge is 0.264 e. The van der Waals surface area contributed by atoms with Crippen molar-refractivity contribution < 1.29 is 27.1 Å². The molecule has 0 aliphatic rings. The molecule has 0 saturated carbocycles. The average Bonchev–Trinajstić information content (AvgIpc) is 2.96. The summed E-state index contributed by atoms with van der Waals surface area (Å²) >= 11 is 12.8. The van der Waals surface area contributed by atoms with Crippen LogP contribution in [0.5, 0.6) is 5.75 Å². The van der Waals surface area contributed by atoms with Gasteiger partial charge in [0.05, 0.1) is 17.7 Å². The summed E-state index contributed by atoms with van der Waals surface area (Å²) in [5, 5.41) is 3.39. The van der Waals surface area contributed by atoms with Gasteiger partial charge in [0.1, 0.15) is 24.2 Å². The molecular formula is C29H32Cl2FN3O5S. The van der Waals surface area contributed by atoms with Gasteiger partial charge in [-0.05, 0) is 73.5 Å². The Hall–Kier alpha value is -3.34.